The number of benzene rings is 1. The van der Waals surface area contributed by atoms with Crippen molar-refractivity contribution in [1.82, 2.24) is 9.62 Å². The Morgan fingerprint density at radius 2 is 2.14 bits per heavy atom. The number of sulfonamides is 1. The van der Waals surface area contributed by atoms with Crippen LogP contribution in [0.2, 0.25) is 0 Å². The van der Waals surface area contributed by atoms with E-state index < -0.39 is 10.0 Å². The van der Waals surface area contributed by atoms with E-state index in [9.17, 15) is 8.42 Å². The molecule has 0 amide bonds. The van der Waals surface area contributed by atoms with Gasteiger partial charge in [0.2, 0.25) is 10.0 Å². The van der Waals surface area contributed by atoms with E-state index in [1.807, 2.05) is 38.2 Å². The molecule has 1 saturated heterocycles. The number of nitrogens with zero attached hydrogens (tertiary/aromatic N) is 1. The summed E-state index contributed by atoms with van der Waals surface area (Å²) in [6, 6.07) is 7.72. The average molecular weight is 312 g/mol. The molecule has 1 atom stereocenters. The highest BCUT2D eigenvalue weighted by atomic mass is 32.2. The van der Waals surface area contributed by atoms with Crippen molar-refractivity contribution in [3.63, 3.8) is 0 Å². The Labute approximate surface area is 127 Å². The molecule has 0 bridgehead atoms. The van der Waals surface area contributed by atoms with Gasteiger partial charge in [0.25, 0.3) is 0 Å². The zero-order valence-electron chi connectivity index (χ0n) is 12.7. The Bertz CT molecular complexity index is 560. The van der Waals surface area contributed by atoms with Crippen LogP contribution >= 0.6 is 0 Å². The highest BCUT2D eigenvalue weighted by molar-refractivity contribution is 7.88. The molecular formula is C15H24N2O3S. The molecule has 5 nitrogen and oxygen atoms in total. The fourth-order valence-corrected chi connectivity index (χ4v) is 4.06. The van der Waals surface area contributed by atoms with Gasteiger partial charge in [-0.2, -0.15) is 4.31 Å². The largest absolute Gasteiger partial charge is 0.375 e. The number of hydrogen-bond donors (Lipinski definition) is 1. The van der Waals surface area contributed by atoms with Crippen molar-refractivity contribution >= 4 is 10.0 Å². The molecule has 1 N–H and O–H groups in total. The van der Waals surface area contributed by atoms with Gasteiger partial charge in [-0.1, -0.05) is 31.2 Å². The monoisotopic (exact) mass is 312 g/mol. The molecule has 1 aliphatic rings. The summed E-state index contributed by atoms with van der Waals surface area (Å²) in [4.78, 5) is 0. The summed E-state index contributed by atoms with van der Waals surface area (Å²) in [5, 5.41) is 3.07. The quantitative estimate of drug-likeness (QED) is 0.861. The van der Waals surface area contributed by atoms with Gasteiger partial charge in [0, 0.05) is 19.6 Å². The minimum atomic E-state index is -3.28. The molecule has 2 rings (SSSR count). The zero-order chi connectivity index (χ0) is 15.3. The van der Waals surface area contributed by atoms with Crippen LogP contribution in [0.1, 0.15) is 24.5 Å². The summed E-state index contributed by atoms with van der Waals surface area (Å²) in [5.74, 6) is 0.0565. The van der Waals surface area contributed by atoms with Crippen molar-refractivity contribution in [3.8, 4) is 0 Å². The van der Waals surface area contributed by atoms with E-state index in [1.165, 1.54) is 0 Å². The van der Waals surface area contributed by atoms with Gasteiger partial charge in [-0.3, -0.25) is 0 Å². The van der Waals surface area contributed by atoms with Crippen LogP contribution in [0.25, 0.3) is 0 Å². The van der Waals surface area contributed by atoms with Gasteiger partial charge in [0.15, 0.2) is 0 Å². The van der Waals surface area contributed by atoms with Gasteiger partial charge < -0.3 is 10.1 Å². The maximum absolute atomic E-state index is 12.5. The highest BCUT2D eigenvalue weighted by Gasteiger charge is 2.28. The molecule has 1 fully saturated rings. The Morgan fingerprint density at radius 1 is 1.38 bits per heavy atom. The van der Waals surface area contributed by atoms with Crippen molar-refractivity contribution < 1.29 is 13.2 Å². The van der Waals surface area contributed by atoms with E-state index in [2.05, 4.69) is 5.32 Å². The lowest BCUT2D eigenvalue weighted by Gasteiger charge is -2.31. The lowest BCUT2D eigenvalue weighted by Crippen LogP contribution is -2.45. The van der Waals surface area contributed by atoms with Crippen LogP contribution in [-0.2, 0) is 27.1 Å². The van der Waals surface area contributed by atoms with E-state index in [1.54, 1.807) is 4.31 Å². The van der Waals surface area contributed by atoms with Crippen molar-refractivity contribution in [2.24, 2.45) is 0 Å². The minimum absolute atomic E-state index is 0.0177. The van der Waals surface area contributed by atoms with Gasteiger partial charge in [0.05, 0.1) is 18.5 Å². The van der Waals surface area contributed by atoms with Gasteiger partial charge in [0.1, 0.15) is 0 Å². The molecule has 0 saturated carbocycles. The molecule has 1 heterocycles. The lowest BCUT2D eigenvalue weighted by atomic mass is 10.1. The van der Waals surface area contributed by atoms with Crippen molar-refractivity contribution in [2.75, 3.05) is 26.7 Å². The normalized spacial score (nSPS) is 20.6. The molecule has 6 heteroatoms. The van der Waals surface area contributed by atoms with Gasteiger partial charge >= 0.3 is 0 Å². The third-order valence-corrected chi connectivity index (χ3v) is 5.49. The Balaban J connectivity index is 2.08. The highest BCUT2D eigenvalue weighted by Crippen LogP contribution is 2.17. The standard InChI is InChI=1S/C15H24N2O3S/c1-3-15-11-17(7-8-20-15)21(18,19)12-14-6-4-5-13(9-14)10-16-2/h4-6,9,15-16H,3,7-8,10-12H2,1-2H3. The van der Waals surface area contributed by atoms with Crippen molar-refractivity contribution in [3.05, 3.63) is 35.4 Å². The van der Waals surface area contributed by atoms with E-state index in [0.29, 0.717) is 19.7 Å². The SMILES string of the molecule is CCC1CN(S(=O)(=O)Cc2cccc(CNC)c2)CCO1. The molecule has 1 unspecified atom stereocenters. The molecule has 1 aromatic rings. The average Bonchev–Trinajstić information content (AvgIpc) is 2.47. The van der Waals surface area contributed by atoms with Gasteiger partial charge in [-0.15, -0.1) is 0 Å². The lowest BCUT2D eigenvalue weighted by molar-refractivity contribution is -0.00282. The smallest absolute Gasteiger partial charge is 0.218 e. The molecule has 0 aliphatic carbocycles. The van der Waals surface area contributed by atoms with E-state index >= 15 is 0 Å². The van der Waals surface area contributed by atoms with Crippen LogP contribution in [-0.4, -0.2) is 45.6 Å². The summed E-state index contributed by atoms with van der Waals surface area (Å²) < 4.78 is 32.2. The predicted molar refractivity (Wildman–Crippen MR) is 83.4 cm³/mol. The van der Waals surface area contributed by atoms with E-state index in [4.69, 9.17) is 4.74 Å². The fraction of sp³-hybridized carbons (Fsp3) is 0.600. The molecular weight excluding hydrogens is 288 g/mol. The third kappa shape index (κ3) is 4.51. The van der Waals surface area contributed by atoms with Crippen molar-refractivity contribution in [1.29, 1.82) is 0 Å². The number of nitrogens with one attached hydrogen (secondary N) is 1. The molecule has 21 heavy (non-hydrogen) atoms. The number of morpholine rings is 1. The molecule has 0 radical (unpaired) electrons. The van der Waals surface area contributed by atoms with Gasteiger partial charge in [-0.05, 0) is 24.6 Å². The number of rotatable bonds is 6. The first kappa shape index (κ1) is 16.4. The summed E-state index contributed by atoms with van der Waals surface area (Å²) in [5.41, 5.74) is 1.93. The summed E-state index contributed by atoms with van der Waals surface area (Å²) in [7, 11) is -1.40. The summed E-state index contributed by atoms with van der Waals surface area (Å²) >= 11 is 0. The molecule has 1 aliphatic heterocycles. The number of ether oxygens (including phenoxy) is 1. The second kappa shape index (κ2) is 7.35. The first-order chi connectivity index (χ1) is 10.0. The predicted octanol–water partition coefficient (Wildman–Crippen LogP) is 1.35. The first-order valence-electron chi connectivity index (χ1n) is 7.37. The molecule has 0 spiro atoms. The minimum Gasteiger partial charge on any atom is -0.375 e. The Kier molecular flexibility index (Phi) is 5.75. The molecule has 118 valence electrons. The number of hydrogen-bond acceptors (Lipinski definition) is 4. The van der Waals surface area contributed by atoms with Crippen LogP contribution in [0.15, 0.2) is 24.3 Å². The summed E-state index contributed by atoms with van der Waals surface area (Å²) in [6.07, 6.45) is 0.855. The molecule has 1 aromatic carbocycles. The second-order valence-corrected chi connectivity index (χ2v) is 7.33. The van der Waals surface area contributed by atoms with Crippen LogP contribution in [0, 0.1) is 0 Å². The Morgan fingerprint density at radius 3 is 2.86 bits per heavy atom. The maximum atomic E-state index is 12.5. The van der Waals surface area contributed by atoms with Crippen LogP contribution in [0.4, 0.5) is 0 Å². The van der Waals surface area contributed by atoms with E-state index in [-0.39, 0.29) is 11.9 Å². The Hall–Kier alpha value is -0.950. The fourth-order valence-electron chi connectivity index (χ4n) is 2.53. The van der Waals surface area contributed by atoms with Crippen molar-refractivity contribution in [2.45, 2.75) is 31.7 Å². The van der Waals surface area contributed by atoms with Gasteiger partial charge in [-0.25, -0.2) is 8.42 Å². The topological polar surface area (TPSA) is 58.6 Å². The van der Waals surface area contributed by atoms with Crippen LogP contribution in [0.5, 0.6) is 0 Å². The van der Waals surface area contributed by atoms with Crippen LogP contribution < -0.4 is 5.32 Å². The molecule has 0 aromatic heterocycles. The van der Waals surface area contributed by atoms with Crippen LogP contribution in [0.3, 0.4) is 0 Å². The second-order valence-electron chi connectivity index (χ2n) is 5.37. The maximum Gasteiger partial charge on any atom is 0.218 e. The summed E-state index contributed by atoms with van der Waals surface area (Å²) in [6.45, 7) is 4.16. The first-order valence-corrected chi connectivity index (χ1v) is 8.98. The van der Waals surface area contributed by atoms with E-state index in [0.717, 1.165) is 24.1 Å². The third-order valence-electron chi connectivity index (χ3n) is 3.67. The zero-order valence-corrected chi connectivity index (χ0v) is 13.5.